The molecule has 4 unspecified atom stereocenters. The van der Waals surface area contributed by atoms with Crippen molar-refractivity contribution in [3.05, 3.63) is 12.1 Å². The van der Waals surface area contributed by atoms with Crippen molar-refractivity contribution in [2.24, 2.45) is 46.3 Å². The molecule has 1 aromatic rings. The summed E-state index contributed by atoms with van der Waals surface area (Å²) in [6.07, 6.45) is 6.12. The average Bonchev–Trinajstić information content (AvgIpc) is 3.31. The molecule has 0 aromatic heterocycles. The Hall–Kier alpha value is -2.03. The zero-order valence-electron chi connectivity index (χ0n) is 25.7. The molecule has 0 saturated heterocycles. The number of carbonyl (C=O) groups is 1. The van der Waals surface area contributed by atoms with Crippen LogP contribution in [0.3, 0.4) is 0 Å². The zero-order chi connectivity index (χ0) is 29.7. The van der Waals surface area contributed by atoms with Gasteiger partial charge in [0.15, 0.2) is 11.5 Å². The number of hydrogen-bond acceptors (Lipinski definition) is 7. The fourth-order valence-electron chi connectivity index (χ4n) is 10.1. The monoisotopic (exact) mass is 573 g/mol. The maximum atomic E-state index is 13.0. The van der Waals surface area contributed by atoms with Crippen LogP contribution in [-0.4, -0.2) is 60.9 Å². The molecule has 1 amide bonds. The number of ether oxygens (including phenoxy) is 3. The summed E-state index contributed by atoms with van der Waals surface area (Å²) in [6, 6.07) is 3.46. The quantitative estimate of drug-likeness (QED) is 0.345. The highest BCUT2D eigenvalue weighted by Crippen LogP contribution is 2.68. The van der Waals surface area contributed by atoms with Crippen molar-refractivity contribution >= 4 is 11.6 Å². The molecule has 4 aliphatic carbocycles. The van der Waals surface area contributed by atoms with E-state index in [1.165, 1.54) is 0 Å². The Bertz CT molecular complexity index is 1090. The molecule has 8 nitrogen and oxygen atoms in total. The summed E-state index contributed by atoms with van der Waals surface area (Å²) in [5.41, 5.74) is 0.388. The summed E-state index contributed by atoms with van der Waals surface area (Å²) in [5.74, 6) is 3.01. The third-order valence-electron chi connectivity index (χ3n) is 12.3. The predicted octanol–water partition coefficient (Wildman–Crippen LogP) is 5.03. The van der Waals surface area contributed by atoms with Crippen molar-refractivity contribution in [3.63, 3.8) is 0 Å². The van der Waals surface area contributed by atoms with E-state index in [2.05, 4.69) is 26.1 Å². The number of anilines is 1. The summed E-state index contributed by atoms with van der Waals surface area (Å²) in [5, 5.41) is 36.6. The van der Waals surface area contributed by atoms with E-state index in [0.717, 1.165) is 51.4 Å². The third-order valence-corrected chi connectivity index (χ3v) is 12.3. The molecule has 0 aliphatic heterocycles. The molecule has 8 heteroatoms. The van der Waals surface area contributed by atoms with Gasteiger partial charge in [0.1, 0.15) is 0 Å². The summed E-state index contributed by atoms with van der Waals surface area (Å²) in [7, 11) is 4.64. The molecule has 4 fully saturated rings. The summed E-state index contributed by atoms with van der Waals surface area (Å²) in [4.78, 5) is 13.0. The van der Waals surface area contributed by atoms with Crippen LogP contribution in [0.4, 0.5) is 5.69 Å². The predicted molar refractivity (Wildman–Crippen MR) is 157 cm³/mol. The number of carbonyl (C=O) groups excluding carboxylic acids is 1. The van der Waals surface area contributed by atoms with Gasteiger partial charge >= 0.3 is 0 Å². The van der Waals surface area contributed by atoms with Crippen LogP contribution in [0.2, 0.25) is 0 Å². The van der Waals surface area contributed by atoms with E-state index >= 15 is 0 Å². The Kier molecular flexibility index (Phi) is 8.59. The lowest BCUT2D eigenvalue weighted by molar-refractivity contribution is -0.207. The highest BCUT2D eigenvalue weighted by atomic mass is 16.5. The molecule has 5 rings (SSSR count). The van der Waals surface area contributed by atoms with Gasteiger partial charge in [-0.05, 0) is 97.7 Å². The first-order valence-electron chi connectivity index (χ1n) is 15.6. The molecular formula is C33H51NO7. The first-order chi connectivity index (χ1) is 19.5. The SMILES string of the molecule is COc1cc(NC(=O)CC[C@@H](C)[C@H]2CCC3C4C(C[C@H](O)[C@@]32C)[C@@]2(C)CC[C@@H](O)CC2C[C@H]4O)cc(OC)c1OC. The largest absolute Gasteiger partial charge is 0.493 e. The van der Waals surface area contributed by atoms with Crippen LogP contribution >= 0.6 is 0 Å². The van der Waals surface area contributed by atoms with Gasteiger partial charge in [0.05, 0.1) is 39.6 Å². The van der Waals surface area contributed by atoms with Gasteiger partial charge in [-0.1, -0.05) is 20.8 Å². The molecule has 1 aromatic carbocycles. The lowest BCUT2D eigenvalue weighted by atomic mass is 9.43. The highest BCUT2D eigenvalue weighted by Gasteiger charge is 2.65. The van der Waals surface area contributed by atoms with Crippen molar-refractivity contribution in [1.82, 2.24) is 0 Å². The number of aliphatic hydroxyl groups is 3. The second-order valence-corrected chi connectivity index (χ2v) is 14.0. The number of amides is 1. The summed E-state index contributed by atoms with van der Waals surface area (Å²) < 4.78 is 16.2. The van der Waals surface area contributed by atoms with Gasteiger partial charge in [-0.25, -0.2) is 0 Å². The Morgan fingerprint density at radius 3 is 2.29 bits per heavy atom. The van der Waals surface area contributed by atoms with Crippen LogP contribution in [0.1, 0.15) is 78.6 Å². The van der Waals surface area contributed by atoms with E-state index in [9.17, 15) is 20.1 Å². The fourth-order valence-corrected chi connectivity index (χ4v) is 10.1. The molecular weight excluding hydrogens is 522 g/mol. The third kappa shape index (κ3) is 5.12. The Morgan fingerprint density at radius 2 is 1.66 bits per heavy atom. The topological polar surface area (TPSA) is 117 Å². The lowest BCUT2D eigenvalue weighted by Crippen LogP contribution is -2.62. The smallest absolute Gasteiger partial charge is 0.224 e. The molecule has 4 N–H and O–H groups in total. The van der Waals surface area contributed by atoms with Crippen molar-refractivity contribution < 1.29 is 34.3 Å². The van der Waals surface area contributed by atoms with Crippen LogP contribution in [0.5, 0.6) is 17.2 Å². The number of hydrogen-bond donors (Lipinski definition) is 4. The van der Waals surface area contributed by atoms with Crippen LogP contribution in [0, 0.1) is 46.3 Å². The lowest BCUT2D eigenvalue weighted by Gasteiger charge is -2.63. The van der Waals surface area contributed by atoms with Gasteiger partial charge in [-0.15, -0.1) is 0 Å². The summed E-state index contributed by atoms with van der Waals surface area (Å²) >= 11 is 0. The Morgan fingerprint density at radius 1 is 0.976 bits per heavy atom. The second-order valence-electron chi connectivity index (χ2n) is 14.0. The minimum atomic E-state index is -0.425. The van der Waals surface area contributed by atoms with Crippen LogP contribution < -0.4 is 19.5 Å². The number of fused-ring (bicyclic) bond motifs is 5. The fraction of sp³-hybridized carbons (Fsp3) is 0.788. The molecule has 4 aliphatic rings. The number of nitrogens with one attached hydrogen (secondary N) is 1. The van der Waals surface area contributed by atoms with Gasteiger partial charge < -0.3 is 34.8 Å². The molecule has 0 bridgehead atoms. The van der Waals surface area contributed by atoms with E-state index < -0.39 is 6.10 Å². The van der Waals surface area contributed by atoms with E-state index in [1.807, 2.05) is 0 Å². The minimum Gasteiger partial charge on any atom is -0.493 e. The van der Waals surface area contributed by atoms with E-state index in [0.29, 0.717) is 41.2 Å². The number of aliphatic hydroxyl groups excluding tert-OH is 3. The molecule has 0 radical (unpaired) electrons. The standard InChI is InChI=1S/C33H51NO7/c1-18(7-10-29(38)34-20-15-26(39-4)31(41-6)27(16-20)40-5)22-8-9-23-30-24(17-28(37)33(22,23)3)32(2)12-11-21(35)13-19(32)14-25(30)36/h15-16,18-19,21-25,28,30,35-37H,7-14,17H2,1-6H3,(H,34,38)/t18-,19?,21-,22-,23?,24?,25-,28+,30?,32+,33-/m1/s1. The Balaban J connectivity index is 1.26. The Labute approximate surface area is 245 Å². The average molecular weight is 574 g/mol. The minimum absolute atomic E-state index is 0.0695. The van der Waals surface area contributed by atoms with Gasteiger partial charge in [0.25, 0.3) is 0 Å². The molecule has 41 heavy (non-hydrogen) atoms. The molecule has 11 atom stereocenters. The van der Waals surface area contributed by atoms with Gasteiger partial charge in [0.2, 0.25) is 11.7 Å². The van der Waals surface area contributed by atoms with Crippen molar-refractivity contribution in [3.8, 4) is 17.2 Å². The summed E-state index contributed by atoms with van der Waals surface area (Å²) in [6.45, 7) is 6.85. The normalized spacial score (nSPS) is 40.5. The first kappa shape index (κ1) is 30.4. The van der Waals surface area contributed by atoms with Gasteiger partial charge in [-0.2, -0.15) is 0 Å². The van der Waals surface area contributed by atoms with Crippen LogP contribution in [-0.2, 0) is 4.79 Å². The number of benzene rings is 1. The number of rotatable bonds is 8. The first-order valence-corrected chi connectivity index (χ1v) is 15.6. The second kappa shape index (κ2) is 11.6. The maximum Gasteiger partial charge on any atom is 0.224 e. The molecule has 0 heterocycles. The molecule has 0 spiro atoms. The van der Waals surface area contributed by atoms with Gasteiger partial charge in [0, 0.05) is 24.2 Å². The van der Waals surface area contributed by atoms with Crippen LogP contribution in [0.25, 0.3) is 0 Å². The van der Waals surface area contributed by atoms with Gasteiger partial charge in [-0.3, -0.25) is 4.79 Å². The van der Waals surface area contributed by atoms with E-state index in [1.54, 1.807) is 33.5 Å². The van der Waals surface area contributed by atoms with Crippen LogP contribution in [0.15, 0.2) is 12.1 Å². The zero-order valence-corrected chi connectivity index (χ0v) is 25.7. The molecule has 4 saturated carbocycles. The molecule has 230 valence electrons. The van der Waals surface area contributed by atoms with E-state index in [-0.39, 0.29) is 52.6 Å². The van der Waals surface area contributed by atoms with E-state index in [4.69, 9.17) is 14.2 Å². The number of methoxy groups -OCH3 is 3. The maximum absolute atomic E-state index is 13.0. The highest BCUT2D eigenvalue weighted by molar-refractivity contribution is 5.91. The van der Waals surface area contributed by atoms with Crippen molar-refractivity contribution in [2.45, 2.75) is 96.9 Å². The van der Waals surface area contributed by atoms with Crippen molar-refractivity contribution in [2.75, 3.05) is 26.6 Å². The van der Waals surface area contributed by atoms with Crippen molar-refractivity contribution in [1.29, 1.82) is 0 Å².